The zero-order chi connectivity index (χ0) is 24.2. The molecular formula is C21H23BrN4O6S. The summed E-state index contributed by atoms with van der Waals surface area (Å²) in [6, 6.07) is 11.4. The maximum atomic E-state index is 12.7. The first-order chi connectivity index (χ1) is 15.6. The highest BCUT2D eigenvalue weighted by Gasteiger charge is 2.25. The van der Waals surface area contributed by atoms with Crippen LogP contribution in [0.5, 0.6) is 11.5 Å². The number of rotatable bonds is 9. The summed E-state index contributed by atoms with van der Waals surface area (Å²) >= 11 is 3.27. The minimum absolute atomic E-state index is 0.0191. The second-order valence-electron chi connectivity index (χ2n) is 7.04. The number of amides is 1. The number of hydrogen-bond acceptors (Lipinski definition) is 8. The summed E-state index contributed by atoms with van der Waals surface area (Å²) in [5.74, 6) is 1.10. The largest absolute Gasteiger partial charge is 0.493 e. The van der Waals surface area contributed by atoms with E-state index >= 15 is 0 Å². The molecule has 1 heterocycles. The van der Waals surface area contributed by atoms with Crippen LogP contribution in [-0.4, -0.2) is 68.6 Å². The predicted molar refractivity (Wildman–Crippen MR) is 123 cm³/mol. The SMILES string of the molecule is COc1ccc(-c2nnc(CN(C)C(=O)CN(C)S(=O)(=O)c3ccc(Br)cc3)o2)cc1OC. The van der Waals surface area contributed by atoms with Gasteiger partial charge in [0.2, 0.25) is 27.7 Å². The molecule has 0 N–H and O–H groups in total. The van der Waals surface area contributed by atoms with Crippen molar-refractivity contribution in [3.63, 3.8) is 0 Å². The minimum atomic E-state index is -3.81. The van der Waals surface area contributed by atoms with E-state index in [-0.39, 0.29) is 29.8 Å². The van der Waals surface area contributed by atoms with Crippen molar-refractivity contribution in [3.05, 3.63) is 52.8 Å². The molecule has 0 saturated carbocycles. The highest BCUT2D eigenvalue weighted by atomic mass is 79.9. The topological polar surface area (TPSA) is 115 Å². The van der Waals surface area contributed by atoms with Crippen molar-refractivity contribution >= 4 is 31.9 Å². The number of methoxy groups -OCH3 is 2. The second-order valence-corrected chi connectivity index (χ2v) is 10.00. The summed E-state index contributed by atoms with van der Waals surface area (Å²) < 4.78 is 43.3. The average Bonchev–Trinajstić information content (AvgIpc) is 3.27. The van der Waals surface area contributed by atoms with E-state index in [0.29, 0.717) is 17.1 Å². The molecule has 0 atom stereocenters. The Labute approximate surface area is 200 Å². The minimum Gasteiger partial charge on any atom is -0.493 e. The third kappa shape index (κ3) is 5.70. The summed E-state index contributed by atoms with van der Waals surface area (Å²) in [7, 11) is 2.13. The maximum absolute atomic E-state index is 12.7. The highest BCUT2D eigenvalue weighted by molar-refractivity contribution is 9.10. The van der Waals surface area contributed by atoms with Crippen LogP contribution in [0.15, 0.2) is 56.2 Å². The Morgan fingerprint density at radius 3 is 2.33 bits per heavy atom. The third-order valence-corrected chi connectivity index (χ3v) is 7.12. The van der Waals surface area contributed by atoms with Crippen molar-refractivity contribution in [2.45, 2.75) is 11.4 Å². The number of halogens is 1. The molecule has 3 rings (SSSR count). The molecule has 0 radical (unpaired) electrons. The van der Waals surface area contributed by atoms with Crippen LogP contribution >= 0.6 is 15.9 Å². The molecule has 1 amide bonds. The first-order valence-corrected chi connectivity index (χ1v) is 11.9. The lowest BCUT2D eigenvalue weighted by Crippen LogP contribution is -2.39. The van der Waals surface area contributed by atoms with Gasteiger partial charge >= 0.3 is 0 Å². The van der Waals surface area contributed by atoms with Crippen LogP contribution in [0.4, 0.5) is 0 Å². The molecule has 0 aliphatic heterocycles. The molecule has 0 aliphatic rings. The van der Waals surface area contributed by atoms with Gasteiger partial charge in [0.15, 0.2) is 11.5 Å². The molecule has 10 nitrogen and oxygen atoms in total. The maximum Gasteiger partial charge on any atom is 0.247 e. The number of carbonyl (C=O) groups is 1. The van der Waals surface area contributed by atoms with E-state index in [9.17, 15) is 13.2 Å². The molecule has 176 valence electrons. The normalized spacial score (nSPS) is 11.5. The lowest BCUT2D eigenvalue weighted by molar-refractivity contribution is -0.130. The molecule has 0 bridgehead atoms. The standard InChI is InChI=1S/C21H23BrN4O6S/c1-25(20(27)13-26(2)33(28,29)16-8-6-15(22)7-9-16)12-19-23-24-21(32-19)14-5-10-17(30-3)18(11-14)31-4/h5-11H,12-13H2,1-4H3. The van der Waals surface area contributed by atoms with Crippen LogP contribution in [0.1, 0.15) is 5.89 Å². The molecule has 0 saturated heterocycles. The summed E-state index contributed by atoms with van der Waals surface area (Å²) in [5.41, 5.74) is 0.626. The van der Waals surface area contributed by atoms with Crippen LogP contribution < -0.4 is 9.47 Å². The lowest BCUT2D eigenvalue weighted by Gasteiger charge is -2.20. The quantitative estimate of drug-likeness (QED) is 0.408. The van der Waals surface area contributed by atoms with Crippen molar-refractivity contribution in [3.8, 4) is 23.0 Å². The van der Waals surface area contributed by atoms with Crippen LogP contribution in [0.2, 0.25) is 0 Å². The second kappa shape index (κ2) is 10.3. The molecule has 3 aromatic rings. The van der Waals surface area contributed by atoms with Crippen molar-refractivity contribution in [1.29, 1.82) is 0 Å². The molecule has 0 aliphatic carbocycles. The van der Waals surface area contributed by atoms with E-state index in [1.807, 2.05) is 0 Å². The lowest BCUT2D eigenvalue weighted by atomic mass is 10.2. The molecule has 33 heavy (non-hydrogen) atoms. The zero-order valence-electron chi connectivity index (χ0n) is 18.5. The van der Waals surface area contributed by atoms with E-state index in [1.54, 1.807) is 30.3 Å². The van der Waals surface area contributed by atoms with Crippen molar-refractivity contribution in [2.24, 2.45) is 0 Å². The van der Waals surface area contributed by atoms with Crippen LogP contribution in [0.3, 0.4) is 0 Å². The van der Waals surface area contributed by atoms with Gasteiger partial charge in [-0.2, -0.15) is 4.31 Å². The molecule has 1 aromatic heterocycles. The van der Waals surface area contributed by atoms with Gasteiger partial charge in [-0.15, -0.1) is 10.2 Å². The van der Waals surface area contributed by atoms with Gasteiger partial charge in [0, 0.05) is 24.1 Å². The van der Waals surface area contributed by atoms with Gasteiger partial charge < -0.3 is 18.8 Å². The number of likely N-dealkylation sites (N-methyl/N-ethyl adjacent to an activating group) is 2. The summed E-state index contributed by atoms with van der Waals surface area (Å²) in [5, 5.41) is 7.99. The molecule has 0 spiro atoms. The van der Waals surface area contributed by atoms with Gasteiger partial charge in [-0.25, -0.2) is 8.42 Å². The number of nitrogens with zero attached hydrogens (tertiary/aromatic N) is 4. The average molecular weight is 539 g/mol. The van der Waals surface area contributed by atoms with E-state index in [4.69, 9.17) is 13.9 Å². The first-order valence-electron chi connectivity index (χ1n) is 9.66. The summed E-state index contributed by atoms with van der Waals surface area (Å²) in [4.78, 5) is 14.0. The first kappa shape index (κ1) is 24.7. The Kier molecular flexibility index (Phi) is 7.72. The summed E-state index contributed by atoms with van der Waals surface area (Å²) in [6.45, 7) is -0.323. The zero-order valence-corrected chi connectivity index (χ0v) is 20.9. The number of ether oxygens (including phenoxy) is 2. The van der Waals surface area contributed by atoms with Crippen LogP contribution in [0, 0.1) is 0 Å². The molecule has 0 fully saturated rings. The molecule has 2 aromatic carbocycles. The molecular weight excluding hydrogens is 516 g/mol. The Morgan fingerprint density at radius 1 is 1.03 bits per heavy atom. The third-order valence-electron chi connectivity index (χ3n) is 4.78. The number of sulfonamides is 1. The van der Waals surface area contributed by atoms with Crippen LogP contribution in [-0.2, 0) is 21.4 Å². The number of carbonyl (C=O) groups excluding carboxylic acids is 1. The van der Waals surface area contributed by atoms with Crippen molar-refractivity contribution in [1.82, 2.24) is 19.4 Å². The van der Waals surface area contributed by atoms with Gasteiger partial charge in [0.1, 0.15) is 0 Å². The Hall–Kier alpha value is -2.96. The van der Waals surface area contributed by atoms with E-state index in [1.165, 1.54) is 45.3 Å². The van der Waals surface area contributed by atoms with Gasteiger partial charge in [0.25, 0.3) is 0 Å². The number of aromatic nitrogens is 2. The van der Waals surface area contributed by atoms with Gasteiger partial charge in [-0.3, -0.25) is 4.79 Å². The Morgan fingerprint density at radius 2 is 1.70 bits per heavy atom. The van der Waals surface area contributed by atoms with Crippen LogP contribution in [0.25, 0.3) is 11.5 Å². The van der Waals surface area contributed by atoms with Crippen molar-refractivity contribution in [2.75, 3.05) is 34.9 Å². The fraction of sp³-hybridized carbons (Fsp3) is 0.286. The predicted octanol–water partition coefficient (Wildman–Crippen LogP) is 2.80. The van der Waals surface area contributed by atoms with E-state index in [2.05, 4.69) is 26.1 Å². The van der Waals surface area contributed by atoms with Gasteiger partial charge in [-0.1, -0.05) is 15.9 Å². The molecule has 12 heteroatoms. The van der Waals surface area contributed by atoms with Crippen molar-refractivity contribution < 1.29 is 27.1 Å². The highest BCUT2D eigenvalue weighted by Crippen LogP contribution is 2.31. The molecule has 0 unspecified atom stereocenters. The Bertz CT molecular complexity index is 1230. The fourth-order valence-electron chi connectivity index (χ4n) is 2.88. The monoisotopic (exact) mass is 538 g/mol. The summed E-state index contributed by atoms with van der Waals surface area (Å²) in [6.07, 6.45) is 0. The van der Waals surface area contributed by atoms with E-state index < -0.39 is 15.9 Å². The number of benzene rings is 2. The smallest absolute Gasteiger partial charge is 0.247 e. The number of hydrogen-bond donors (Lipinski definition) is 0. The Balaban J connectivity index is 1.66. The van der Waals surface area contributed by atoms with E-state index in [0.717, 1.165) is 8.78 Å². The fourth-order valence-corrected chi connectivity index (χ4v) is 4.26. The van der Waals surface area contributed by atoms with Gasteiger partial charge in [0.05, 0.1) is 32.2 Å². The van der Waals surface area contributed by atoms with Gasteiger partial charge in [-0.05, 0) is 42.5 Å².